The van der Waals surface area contributed by atoms with E-state index in [-0.39, 0.29) is 0 Å². The van der Waals surface area contributed by atoms with Gasteiger partial charge in [-0.1, -0.05) is 0 Å². The van der Waals surface area contributed by atoms with Gasteiger partial charge in [-0.05, 0) is 0 Å². The Kier molecular flexibility index (Phi) is 13.9. The summed E-state index contributed by atoms with van der Waals surface area (Å²) in [5, 5.41) is 115. The number of hydrogen-bond donors (Lipinski definition) is 11. The summed E-state index contributed by atoms with van der Waals surface area (Å²) >= 11 is 0. The van der Waals surface area contributed by atoms with Gasteiger partial charge in [-0.25, -0.2) is 4.79 Å². The van der Waals surface area contributed by atoms with Crippen LogP contribution in [0.2, 0.25) is 0 Å². The molecule has 0 amide bonds. The van der Waals surface area contributed by atoms with E-state index >= 15 is 0 Å². The lowest BCUT2D eigenvalue weighted by molar-refractivity contribution is -0.379. The first-order chi connectivity index (χ1) is 24.2. The highest BCUT2D eigenvalue weighted by atomic mass is 16.8. The van der Waals surface area contributed by atoms with Gasteiger partial charge >= 0.3 is 5.97 Å². The Bertz CT molecular complexity index is 1120. The van der Waals surface area contributed by atoms with Crippen molar-refractivity contribution in [3.05, 3.63) is 0 Å². The molecule has 1 unspecified atom stereocenters. The third-order valence-electron chi connectivity index (χ3n) is 9.20. The fourth-order valence-electron chi connectivity index (χ4n) is 6.17. The van der Waals surface area contributed by atoms with Crippen molar-refractivity contribution in [2.24, 2.45) is 0 Å². The summed E-state index contributed by atoms with van der Waals surface area (Å²) in [5.41, 5.74) is 0. The molecule has 11 N–H and O–H groups in total. The zero-order chi connectivity index (χ0) is 37.3. The molecule has 5 saturated heterocycles. The van der Waals surface area contributed by atoms with Crippen LogP contribution in [0.5, 0.6) is 0 Å². The van der Waals surface area contributed by atoms with Crippen LogP contribution in [0.4, 0.5) is 0 Å². The van der Waals surface area contributed by atoms with Gasteiger partial charge in [0.05, 0.1) is 33.5 Å². The summed E-state index contributed by atoms with van der Waals surface area (Å²) in [6.07, 6.45) is -34.9. The van der Waals surface area contributed by atoms with Gasteiger partial charge in [-0.15, -0.1) is 0 Å². The van der Waals surface area contributed by atoms with Gasteiger partial charge in [0, 0.05) is 7.11 Å². The maximum Gasteiger partial charge on any atom is 0.337 e. The molecule has 0 bridgehead atoms. The highest BCUT2D eigenvalue weighted by Gasteiger charge is 2.54. The molecule has 0 aromatic carbocycles. The van der Waals surface area contributed by atoms with Crippen molar-refractivity contribution in [3.63, 3.8) is 0 Å². The third kappa shape index (κ3) is 8.64. The van der Waals surface area contributed by atoms with Crippen LogP contribution in [0.15, 0.2) is 0 Å². The molecule has 23 heteroatoms. The molecule has 23 nitrogen and oxygen atoms in total. The third-order valence-corrected chi connectivity index (χ3v) is 9.20. The number of aliphatic hydroxyl groups excluding tert-OH is 11. The second-order valence-corrected chi connectivity index (χ2v) is 12.6. The smallest absolute Gasteiger partial charge is 0.337 e. The molecule has 0 saturated carbocycles. The molecular formula is C28H46O23. The summed E-state index contributed by atoms with van der Waals surface area (Å²) in [6.45, 7) is -1.93. The van der Waals surface area contributed by atoms with E-state index in [1.165, 1.54) is 0 Å². The Hall–Kier alpha value is -1.37. The Labute approximate surface area is 289 Å². The molecule has 0 radical (unpaired) electrons. The molecule has 21 atom stereocenters. The fraction of sp³-hybridized carbons (Fsp3) is 0.964. The van der Waals surface area contributed by atoms with E-state index in [0.717, 1.165) is 14.2 Å². The van der Waals surface area contributed by atoms with Gasteiger partial charge in [-0.2, -0.15) is 0 Å². The summed E-state index contributed by atoms with van der Waals surface area (Å²) in [4.78, 5) is 12.3. The van der Waals surface area contributed by atoms with Gasteiger partial charge in [0.15, 0.2) is 37.6 Å². The highest BCUT2D eigenvalue weighted by molar-refractivity contribution is 5.75. The zero-order valence-corrected chi connectivity index (χ0v) is 27.3. The second kappa shape index (κ2) is 17.4. The number of aliphatic hydroxyl groups is 11. The van der Waals surface area contributed by atoms with E-state index in [4.69, 9.17) is 47.4 Å². The maximum absolute atomic E-state index is 12.3. The Morgan fingerprint density at radius 1 is 0.490 bits per heavy atom. The Balaban J connectivity index is 1.29. The molecule has 5 aliphatic heterocycles. The zero-order valence-electron chi connectivity index (χ0n) is 27.3. The van der Waals surface area contributed by atoms with Crippen molar-refractivity contribution < 1.29 is 113 Å². The van der Waals surface area contributed by atoms with Crippen molar-refractivity contribution in [2.75, 3.05) is 40.6 Å². The quantitative estimate of drug-likeness (QED) is 0.0923. The van der Waals surface area contributed by atoms with E-state index in [1.54, 1.807) is 0 Å². The van der Waals surface area contributed by atoms with Crippen LogP contribution >= 0.6 is 0 Å². The van der Waals surface area contributed by atoms with E-state index in [9.17, 15) is 61.0 Å². The Morgan fingerprint density at radius 3 is 1.57 bits per heavy atom. The van der Waals surface area contributed by atoms with E-state index < -0.39 is 162 Å². The predicted molar refractivity (Wildman–Crippen MR) is 152 cm³/mol. The van der Waals surface area contributed by atoms with Crippen LogP contribution in [0, 0.1) is 0 Å². The minimum Gasteiger partial charge on any atom is -0.467 e. The maximum atomic E-state index is 12.3. The lowest BCUT2D eigenvalue weighted by Gasteiger charge is -2.47. The average Bonchev–Trinajstić information content (AvgIpc) is 3.11. The summed E-state index contributed by atoms with van der Waals surface area (Å²) in [6, 6.07) is 0. The summed E-state index contributed by atoms with van der Waals surface area (Å²) < 4.78 is 59.5. The number of hydrogen-bond acceptors (Lipinski definition) is 23. The number of rotatable bonds is 10. The van der Waals surface area contributed by atoms with E-state index in [2.05, 4.69) is 4.74 Å². The number of ether oxygens (including phenoxy) is 11. The molecule has 5 fully saturated rings. The largest absolute Gasteiger partial charge is 0.467 e. The van der Waals surface area contributed by atoms with E-state index in [0.29, 0.717) is 0 Å². The second-order valence-electron chi connectivity index (χ2n) is 12.6. The molecule has 5 aliphatic rings. The minimum absolute atomic E-state index is 0.433. The molecule has 0 aliphatic carbocycles. The first kappa shape index (κ1) is 40.8. The van der Waals surface area contributed by atoms with Gasteiger partial charge in [0.1, 0.15) is 91.6 Å². The molecule has 51 heavy (non-hydrogen) atoms. The van der Waals surface area contributed by atoms with Crippen LogP contribution in [0.1, 0.15) is 0 Å². The van der Waals surface area contributed by atoms with Gasteiger partial charge in [0.2, 0.25) is 0 Å². The SMILES string of the molecule is COC(=O)[C@H]1O[C@H](O[C@H]2C(O)OC[C@@H](O[C@@H]3OC[C@@H](O[C@@H]4OC[C@@H](O)[C@H](O)[C@H]4O)[C@H](O[C@@H]4OC[C@@H](O)[C@H](O)[C@H]4O)[C@H]3O)[C@@H]2O)[C@H](O)[C@@H](O)[C@@H]1OC. The van der Waals surface area contributed by atoms with Crippen LogP contribution < -0.4 is 0 Å². The first-order valence-electron chi connectivity index (χ1n) is 16.0. The molecule has 296 valence electrons. The van der Waals surface area contributed by atoms with Crippen LogP contribution in [0.25, 0.3) is 0 Å². The number of carbonyl (C=O) groups is 1. The molecular weight excluding hydrogens is 704 g/mol. The highest BCUT2D eigenvalue weighted by Crippen LogP contribution is 2.33. The molecule has 0 aromatic rings. The number of methoxy groups -OCH3 is 2. The molecule has 5 rings (SSSR count). The monoisotopic (exact) mass is 750 g/mol. The average molecular weight is 751 g/mol. The van der Waals surface area contributed by atoms with Crippen LogP contribution in [-0.2, 0) is 56.9 Å². The summed E-state index contributed by atoms with van der Waals surface area (Å²) in [7, 11) is 2.20. The molecule has 5 heterocycles. The van der Waals surface area contributed by atoms with Crippen molar-refractivity contribution >= 4 is 5.97 Å². The normalized spacial score (nSPS) is 51.2. The van der Waals surface area contributed by atoms with Crippen LogP contribution in [-0.4, -0.2) is 232 Å². The van der Waals surface area contributed by atoms with E-state index in [1.807, 2.05) is 0 Å². The number of esters is 1. The van der Waals surface area contributed by atoms with Gasteiger partial charge in [-0.3, -0.25) is 0 Å². The van der Waals surface area contributed by atoms with Crippen molar-refractivity contribution in [1.29, 1.82) is 0 Å². The lowest BCUT2D eigenvalue weighted by Crippen LogP contribution is -2.65. The Morgan fingerprint density at radius 2 is 0.980 bits per heavy atom. The molecule has 0 aromatic heterocycles. The molecule has 0 spiro atoms. The van der Waals surface area contributed by atoms with Crippen molar-refractivity contribution in [2.45, 2.75) is 129 Å². The topological polar surface area (TPSA) is 341 Å². The predicted octanol–water partition coefficient (Wildman–Crippen LogP) is -8.53. The van der Waals surface area contributed by atoms with Gasteiger partial charge < -0.3 is 108 Å². The standard InChI is InChI=1S/C28H46O23/c1-41-20-14(34)17(37)28(51-22(20)23(39)42-2)50-21-13(33)9(5-43-24(21)40)47-27-18(38)19(49-26-16(36)12(32)8(30)4-45-26)10(6-46-27)48-25-15(35)11(31)7(29)3-44-25/h7-22,24-38,40H,3-6H2,1-2H3/t7-,8-,9-,10-,11+,12+,13+,14-,15-,16-,17-,18-,19+,20+,21-,22+,24?,25+,26+,27+,28+/m1/s1. The van der Waals surface area contributed by atoms with Crippen LogP contribution in [0.3, 0.4) is 0 Å². The van der Waals surface area contributed by atoms with Crippen molar-refractivity contribution in [3.8, 4) is 0 Å². The number of carbonyl (C=O) groups excluding carboxylic acids is 1. The van der Waals surface area contributed by atoms with Gasteiger partial charge in [0.25, 0.3) is 0 Å². The van der Waals surface area contributed by atoms with Crippen molar-refractivity contribution in [1.82, 2.24) is 0 Å². The lowest BCUT2D eigenvalue weighted by atomic mass is 9.98. The fourth-order valence-corrected chi connectivity index (χ4v) is 6.17. The minimum atomic E-state index is -1.89. The first-order valence-corrected chi connectivity index (χ1v) is 16.0. The summed E-state index contributed by atoms with van der Waals surface area (Å²) in [5.74, 6) is -0.985.